The Morgan fingerprint density at radius 1 is 0.969 bits per heavy atom. The van der Waals surface area contributed by atoms with Crippen LogP contribution in [-0.4, -0.2) is 29.7 Å². The topological polar surface area (TPSA) is 47.0 Å². The third-order valence-electron chi connectivity index (χ3n) is 6.03. The summed E-state index contributed by atoms with van der Waals surface area (Å²) in [5, 5.41) is 3.38. The summed E-state index contributed by atoms with van der Waals surface area (Å²) >= 11 is 0. The van der Waals surface area contributed by atoms with Gasteiger partial charge in [-0.1, -0.05) is 30.3 Å². The van der Waals surface area contributed by atoms with Gasteiger partial charge in [0, 0.05) is 23.4 Å². The normalized spacial score (nSPS) is 16.1. The van der Waals surface area contributed by atoms with Gasteiger partial charge in [-0.3, -0.25) is 0 Å². The number of hydrogen-bond acceptors (Lipinski definition) is 4. The number of hydrogen-bond donors (Lipinski definition) is 1. The molecule has 0 unspecified atom stereocenters. The zero-order chi connectivity index (χ0) is 22.6. The van der Waals surface area contributed by atoms with E-state index in [1.807, 2.05) is 18.2 Å². The minimum absolute atomic E-state index is 0.103. The lowest BCUT2D eigenvalue weighted by atomic mass is 9.74. The Labute approximate surface area is 185 Å². The number of alkyl halides is 3. The number of nitrogens with one attached hydrogen (secondary N) is 1. The maximum Gasteiger partial charge on any atom is 0.416 e. The van der Waals surface area contributed by atoms with Crippen molar-refractivity contribution in [2.75, 3.05) is 19.7 Å². The lowest BCUT2D eigenvalue weighted by Gasteiger charge is -2.38. The van der Waals surface area contributed by atoms with Crippen LogP contribution in [0.5, 0.6) is 0 Å². The molecule has 0 aliphatic carbocycles. The second-order valence-electron chi connectivity index (χ2n) is 8.32. The maximum atomic E-state index is 13.5. The number of halogens is 3. The molecular weight excluding hydrogens is 415 g/mol. The summed E-state index contributed by atoms with van der Waals surface area (Å²) in [5.74, 6) is 0.567. The van der Waals surface area contributed by atoms with Gasteiger partial charge < -0.3 is 10.1 Å². The van der Waals surface area contributed by atoms with E-state index in [9.17, 15) is 13.2 Å². The smallest absolute Gasteiger partial charge is 0.376 e. The van der Waals surface area contributed by atoms with Gasteiger partial charge in [-0.2, -0.15) is 13.2 Å². The van der Waals surface area contributed by atoms with E-state index in [1.54, 1.807) is 25.4 Å². The molecule has 0 spiro atoms. The van der Waals surface area contributed by atoms with Gasteiger partial charge in [0.2, 0.25) is 0 Å². The molecule has 0 saturated carbocycles. The maximum absolute atomic E-state index is 13.5. The van der Waals surface area contributed by atoms with E-state index >= 15 is 0 Å². The van der Waals surface area contributed by atoms with E-state index in [-0.39, 0.29) is 12.0 Å². The Kier molecular flexibility index (Phi) is 6.58. The Morgan fingerprint density at radius 3 is 2.31 bits per heavy atom. The minimum atomic E-state index is -4.45. The summed E-state index contributed by atoms with van der Waals surface area (Å²) in [5.41, 5.74) is 1.83. The molecular formula is C25H26F3N3O. The predicted molar refractivity (Wildman–Crippen MR) is 117 cm³/mol. The van der Waals surface area contributed by atoms with E-state index in [0.29, 0.717) is 29.1 Å². The van der Waals surface area contributed by atoms with Crippen LogP contribution in [0, 0.1) is 6.92 Å². The zero-order valence-electron chi connectivity index (χ0n) is 18.0. The lowest BCUT2D eigenvalue weighted by molar-refractivity contribution is -0.137. The molecule has 1 aliphatic rings. The highest BCUT2D eigenvalue weighted by Gasteiger charge is 2.34. The molecule has 0 bridgehead atoms. The summed E-state index contributed by atoms with van der Waals surface area (Å²) in [7, 11) is 0. The number of aryl methyl sites for hydroxylation is 1. The SMILES string of the molecule is Cc1ncc(-c2cc(COCC3(c4ccccc4)CCNCC3)cc(C(F)(F)F)c2)cn1. The average molecular weight is 441 g/mol. The van der Waals surface area contributed by atoms with Crippen LogP contribution in [0.4, 0.5) is 13.2 Å². The summed E-state index contributed by atoms with van der Waals surface area (Å²) in [4.78, 5) is 8.23. The molecule has 0 radical (unpaired) electrons. The number of benzene rings is 2. The molecule has 4 nitrogen and oxygen atoms in total. The van der Waals surface area contributed by atoms with E-state index in [0.717, 1.165) is 38.1 Å². The first-order chi connectivity index (χ1) is 15.4. The van der Waals surface area contributed by atoms with Gasteiger partial charge in [-0.05, 0) is 67.7 Å². The molecule has 168 valence electrons. The molecule has 4 rings (SSSR count). The Bertz CT molecular complexity index is 1030. The van der Waals surface area contributed by atoms with Crippen molar-refractivity contribution in [2.24, 2.45) is 0 Å². The lowest BCUT2D eigenvalue weighted by Crippen LogP contribution is -2.43. The summed E-state index contributed by atoms with van der Waals surface area (Å²) < 4.78 is 46.7. The summed E-state index contributed by atoms with van der Waals surface area (Å²) in [6.07, 6.45) is 0.484. The highest BCUT2D eigenvalue weighted by Crippen LogP contribution is 2.36. The first-order valence-electron chi connectivity index (χ1n) is 10.7. The van der Waals surface area contributed by atoms with Gasteiger partial charge in [0.05, 0.1) is 18.8 Å². The first kappa shape index (κ1) is 22.4. The van der Waals surface area contributed by atoms with E-state index in [4.69, 9.17) is 4.74 Å². The van der Waals surface area contributed by atoms with Crippen LogP contribution >= 0.6 is 0 Å². The zero-order valence-corrected chi connectivity index (χ0v) is 18.0. The van der Waals surface area contributed by atoms with Crippen molar-refractivity contribution in [1.29, 1.82) is 0 Å². The minimum Gasteiger partial charge on any atom is -0.376 e. The Balaban J connectivity index is 1.56. The van der Waals surface area contributed by atoms with Crippen LogP contribution in [-0.2, 0) is 22.9 Å². The second kappa shape index (κ2) is 9.38. The molecule has 1 aromatic heterocycles. The fraction of sp³-hybridized carbons (Fsp3) is 0.360. The highest BCUT2D eigenvalue weighted by molar-refractivity contribution is 5.63. The van der Waals surface area contributed by atoms with Crippen molar-refractivity contribution < 1.29 is 17.9 Å². The average Bonchev–Trinajstić information content (AvgIpc) is 2.80. The molecule has 3 aromatic rings. The van der Waals surface area contributed by atoms with Crippen LogP contribution in [0.25, 0.3) is 11.1 Å². The summed E-state index contributed by atoms with van der Waals surface area (Å²) in [6.45, 7) is 4.07. The van der Waals surface area contributed by atoms with Gasteiger partial charge >= 0.3 is 6.18 Å². The Hall–Kier alpha value is -2.77. The van der Waals surface area contributed by atoms with Gasteiger partial charge in [0.1, 0.15) is 5.82 Å². The molecule has 1 N–H and O–H groups in total. The molecule has 1 saturated heterocycles. The third-order valence-corrected chi connectivity index (χ3v) is 6.03. The number of aromatic nitrogens is 2. The van der Waals surface area contributed by atoms with Crippen molar-refractivity contribution in [1.82, 2.24) is 15.3 Å². The van der Waals surface area contributed by atoms with Crippen molar-refractivity contribution in [2.45, 2.75) is 38.0 Å². The molecule has 2 aromatic carbocycles. The highest BCUT2D eigenvalue weighted by atomic mass is 19.4. The monoisotopic (exact) mass is 441 g/mol. The van der Waals surface area contributed by atoms with Crippen LogP contribution in [0.3, 0.4) is 0 Å². The summed E-state index contributed by atoms with van der Waals surface area (Å²) in [6, 6.07) is 14.2. The molecule has 2 heterocycles. The molecule has 1 aliphatic heterocycles. The van der Waals surface area contributed by atoms with Crippen LogP contribution in [0.2, 0.25) is 0 Å². The largest absolute Gasteiger partial charge is 0.416 e. The van der Waals surface area contributed by atoms with Crippen molar-refractivity contribution >= 4 is 0 Å². The molecule has 32 heavy (non-hydrogen) atoms. The van der Waals surface area contributed by atoms with Gasteiger partial charge in [-0.25, -0.2) is 9.97 Å². The van der Waals surface area contributed by atoms with Gasteiger partial charge in [0.25, 0.3) is 0 Å². The van der Waals surface area contributed by atoms with Crippen LogP contribution in [0.15, 0.2) is 60.9 Å². The number of nitrogens with zero attached hydrogens (tertiary/aromatic N) is 2. The van der Waals surface area contributed by atoms with Crippen molar-refractivity contribution in [3.63, 3.8) is 0 Å². The molecule has 0 amide bonds. The number of ether oxygens (including phenoxy) is 1. The second-order valence-corrected chi connectivity index (χ2v) is 8.32. The van der Waals surface area contributed by atoms with Crippen LogP contribution < -0.4 is 5.32 Å². The molecule has 0 atom stereocenters. The number of piperidine rings is 1. The van der Waals surface area contributed by atoms with Crippen molar-refractivity contribution in [3.05, 3.63) is 83.4 Å². The predicted octanol–water partition coefficient (Wildman–Crippen LogP) is 5.31. The molecule has 1 fully saturated rings. The first-order valence-corrected chi connectivity index (χ1v) is 10.7. The van der Waals surface area contributed by atoms with Gasteiger partial charge in [0.15, 0.2) is 0 Å². The van der Waals surface area contributed by atoms with Gasteiger partial charge in [-0.15, -0.1) is 0 Å². The number of rotatable bonds is 6. The molecule has 7 heteroatoms. The van der Waals surface area contributed by atoms with Crippen molar-refractivity contribution in [3.8, 4) is 11.1 Å². The van der Waals surface area contributed by atoms with E-state index in [2.05, 4.69) is 27.4 Å². The van der Waals surface area contributed by atoms with E-state index < -0.39 is 11.7 Å². The fourth-order valence-electron chi connectivity index (χ4n) is 4.22. The Morgan fingerprint density at radius 2 is 1.66 bits per heavy atom. The third kappa shape index (κ3) is 5.16. The standard InChI is InChI=1S/C25H26F3N3O/c1-18-30-14-21(15-31-18)20-11-19(12-23(13-20)25(26,27)28)16-32-17-24(7-9-29-10-8-24)22-5-3-2-4-6-22/h2-6,11-15,29H,7-10,16-17H2,1H3. The fourth-order valence-corrected chi connectivity index (χ4v) is 4.22. The van der Waals surface area contributed by atoms with Crippen LogP contribution in [0.1, 0.15) is 35.4 Å². The quantitative estimate of drug-likeness (QED) is 0.563. The van der Waals surface area contributed by atoms with E-state index in [1.165, 1.54) is 5.56 Å².